The summed E-state index contributed by atoms with van der Waals surface area (Å²) < 4.78 is 5.82. The third-order valence-electron chi connectivity index (χ3n) is 3.59. The van der Waals surface area contributed by atoms with Crippen LogP contribution in [0, 0.1) is 0 Å². The van der Waals surface area contributed by atoms with Crippen LogP contribution in [0.4, 0.5) is 0 Å². The summed E-state index contributed by atoms with van der Waals surface area (Å²) in [6, 6.07) is 9.11. The van der Waals surface area contributed by atoms with E-state index in [9.17, 15) is 0 Å². The minimum absolute atomic E-state index is 0.200. The highest BCUT2D eigenvalue weighted by Gasteiger charge is 2.18. The van der Waals surface area contributed by atoms with Crippen molar-refractivity contribution in [2.24, 2.45) is 0 Å². The zero-order chi connectivity index (χ0) is 13.7. The molecule has 1 unspecified atom stereocenters. The molecule has 1 aliphatic rings. The van der Waals surface area contributed by atoms with Gasteiger partial charge in [-0.25, -0.2) is 0 Å². The van der Waals surface area contributed by atoms with Gasteiger partial charge in [0.25, 0.3) is 0 Å². The molecule has 0 bridgehead atoms. The summed E-state index contributed by atoms with van der Waals surface area (Å²) in [4.78, 5) is 0. The first-order chi connectivity index (χ1) is 9.22. The van der Waals surface area contributed by atoms with Crippen LogP contribution in [0.5, 0.6) is 0 Å². The number of allylic oxidation sites excluding steroid dienone is 1. The molecule has 0 fully saturated rings. The highest BCUT2D eigenvalue weighted by Crippen LogP contribution is 2.27. The van der Waals surface area contributed by atoms with Gasteiger partial charge in [0.15, 0.2) is 0 Å². The van der Waals surface area contributed by atoms with Crippen molar-refractivity contribution in [3.63, 3.8) is 0 Å². The number of likely N-dealkylation sites (N-methyl/N-ethyl adjacent to an activating group) is 1. The van der Waals surface area contributed by atoms with Gasteiger partial charge in [-0.15, -0.1) is 0 Å². The monoisotopic (exact) mass is 259 g/mol. The van der Waals surface area contributed by atoms with Crippen molar-refractivity contribution in [1.29, 1.82) is 0 Å². The molecule has 0 aliphatic carbocycles. The molecule has 19 heavy (non-hydrogen) atoms. The standard InChI is InChI=1S/C17H25NO/c1-4-18-17(16-7-5-6-12-19-16)15-10-8-14(9-11-15)13(2)3/h7-11,13,17-18H,4-6,12H2,1-3H3. The maximum Gasteiger partial charge on any atom is 0.113 e. The molecule has 1 aliphatic heterocycles. The van der Waals surface area contributed by atoms with Crippen LogP contribution in [0.25, 0.3) is 0 Å². The average Bonchev–Trinajstić information content (AvgIpc) is 2.46. The molecule has 0 radical (unpaired) electrons. The van der Waals surface area contributed by atoms with Crippen molar-refractivity contribution in [2.45, 2.75) is 45.6 Å². The Kier molecular flexibility index (Phi) is 5.03. The molecule has 1 atom stereocenters. The molecule has 2 nitrogen and oxygen atoms in total. The summed E-state index contributed by atoms with van der Waals surface area (Å²) in [5.74, 6) is 1.67. The summed E-state index contributed by atoms with van der Waals surface area (Å²) in [7, 11) is 0. The Morgan fingerprint density at radius 3 is 2.37 bits per heavy atom. The van der Waals surface area contributed by atoms with Crippen LogP contribution in [-0.4, -0.2) is 13.2 Å². The third kappa shape index (κ3) is 3.60. The Bertz CT molecular complexity index is 419. The van der Waals surface area contributed by atoms with Crippen molar-refractivity contribution in [3.05, 3.63) is 47.2 Å². The summed E-state index contributed by atoms with van der Waals surface area (Å²) in [6.45, 7) is 8.38. The number of benzene rings is 1. The minimum atomic E-state index is 0.200. The van der Waals surface area contributed by atoms with E-state index >= 15 is 0 Å². The predicted octanol–water partition coefficient (Wildman–Crippen LogP) is 4.15. The van der Waals surface area contributed by atoms with Crippen molar-refractivity contribution in [2.75, 3.05) is 13.2 Å². The smallest absolute Gasteiger partial charge is 0.113 e. The first-order valence-electron chi connectivity index (χ1n) is 7.38. The quantitative estimate of drug-likeness (QED) is 0.857. The Hall–Kier alpha value is -1.28. The zero-order valence-electron chi connectivity index (χ0n) is 12.3. The van der Waals surface area contributed by atoms with Crippen LogP contribution in [0.15, 0.2) is 36.1 Å². The van der Waals surface area contributed by atoms with E-state index in [0.717, 1.165) is 31.8 Å². The number of rotatable bonds is 5. The van der Waals surface area contributed by atoms with Crippen LogP contribution in [0.2, 0.25) is 0 Å². The molecule has 1 heterocycles. The van der Waals surface area contributed by atoms with E-state index in [2.05, 4.69) is 56.4 Å². The molecule has 104 valence electrons. The number of nitrogens with one attached hydrogen (secondary N) is 1. The van der Waals surface area contributed by atoms with Crippen LogP contribution in [0.3, 0.4) is 0 Å². The van der Waals surface area contributed by atoms with Gasteiger partial charge in [0.05, 0.1) is 12.6 Å². The molecule has 0 spiro atoms. The Morgan fingerprint density at radius 1 is 1.16 bits per heavy atom. The molecular formula is C17H25NO. The predicted molar refractivity (Wildman–Crippen MR) is 80.2 cm³/mol. The second kappa shape index (κ2) is 6.76. The normalized spacial score (nSPS) is 16.9. The summed E-state index contributed by atoms with van der Waals surface area (Å²) in [5.41, 5.74) is 2.68. The van der Waals surface area contributed by atoms with E-state index in [0.29, 0.717) is 5.92 Å². The van der Waals surface area contributed by atoms with E-state index in [1.165, 1.54) is 11.1 Å². The zero-order valence-corrected chi connectivity index (χ0v) is 12.3. The Labute approximate surface area is 116 Å². The van der Waals surface area contributed by atoms with Gasteiger partial charge in [-0.3, -0.25) is 0 Å². The van der Waals surface area contributed by atoms with Crippen molar-refractivity contribution >= 4 is 0 Å². The van der Waals surface area contributed by atoms with Crippen molar-refractivity contribution in [1.82, 2.24) is 5.32 Å². The van der Waals surface area contributed by atoms with Gasteiger partial charge in [-0.2, -0.15) is 0 Å². The Morgan fingerprint density at radius 2 is 1.84 bits per heavy atom. The van der Waals surface area contributed by atoms with Gasteiger partial charge >= 0.3 is 0 Å². The van der Waals surface area contributed by atoms with E-state index in [1.807, 2.05) is 0 Å². The number of ether oxygens (including phenoxy) is 1. The fourth-order valence-electron chi connectivity index (χ4n) is 2.44. The topological polar surface area (TPSA) is 21.3 Å². The van der Waals surface area contributed by atoms with E-state index in [4.69, 9.17) is 4.74 Å². The summed E-state index contributed by atoms with van der Waals surface area (Å²) in [5, 5.41) is 3.52. The maximum absolute atomic E-state index is 5.82. The molecule has 0 amide bonds. The highest BCUT2D eigenvalue weighted by molar-refractivity contribution is 5.31. The van der Waals surface area contributed by atoms with Crippen LogP contribution in [-0.2, 0) is 4.74 Å². The van der Waals surface area contributed by atoms with Crippen molar-refractivity contribution < 1.29 is 4.74 Å². The molecule has 2 rings (SSSR count). The van der Waals surface area contributed by atoms with Crippen LogP contribution in [0.1, 0.15) is 56.7 Å². The number of hydrogen-bond acceptors (Lipinski definition) is 2. The SMILES string of the molecule is CCNC(C1=CCCCO1)c1ccc(C(C)C)cc1. The lowest BCUT2D eigenvalue weighted by Gasteiger charge is -2.25. The molecule has 2 heteroatoms. The first kappa shape index (κ1) is 14.1. The average molecular weight is 259 g/mol. The lowest BCUT2D eigenvalue weighted by molar-refractivity contribution is 0.168. The van der Waals surface area contributed by atoms with Gasteiger partial charge < -0.3 is 10.1 Å². The lowest BCUT2D eigenvalue weighted by atomic mass is 9.97. The minimum Gasteiger partial charge on any atom is -0.496 e. The van der Waals surface area contributed by atoms with E-state index in [-0.39, 0.29) is 6.04 Å². The Balaban J connectivity index is 2.20. The largest absolute Gasteiger partial charge is 0.496 e. The lowest BCUT2D eigenvalue weighted by Crippen LogP contribution is -2.25. The molecule has 0 aromatic heterocycles. The van der Waals surface area contributed by atoms with E-state index < -0.39 is 0 Å². The van der Waals surface area contributed by atoms with Gasteiger partial charge in [-0.1, -0.05) is 45.0 Å². The fourth-order valence-corrected chi connectivity index (χ4v) is 2.44. The van der Waals surface area contributed by atoms with Gasteiger partial charge in [0, 0.05) is 0 Å². The van der Waals surface area contributed by atoms with Crippen LogP contribution >= 0.6 is 0 Å². The molecule has 0 saturated carbocycles. The number of hydrogen-bond donors (Lipinski definition) is 1. The highest BCUT2D eigenvalue weighted by atomic mass is 16.5. The van der Waals surface area contributed by atoms with Gasteiger partial charge in [-0.05, 0) is 42.5 Å². The summed E-state index contributed by atoms with van der Waals surface area (Å²) >= 11 is 0. The molecule has 1 N–H and O–H groups in total. The van der Waals surface area contributed by atoms with Crippen LogP contribution < -0.4 is 5.32 Å². The fraction of sp³-hybridized carbons (Fsp3) is 0.529. The van der Waals surface area contributed by atoms with E-state index in [1.54, 1.807) is 0 Å². The molecular weight excluding hydrogens is 234 g/mol. The second-order valence-corrected chi connectivity index (χ2v) is 5.41. The maximum atomic E-state index is 5.82. The summed E-state index contributed by atoms with van der Waals surface area (Å²) in [6.07, 6.45) is 4.49. The first-order valence-corrected chi connectivity index (χ1v) is 7.38. The molecule has 1 aromatic carbocycles. The van der Waals surface area contributed by atoms with Gasteiger partial charge in [0.2, 0.25) is 0 Å². The van der Waals surface area contributed by atoms with Crippen molar-refractivity contribution in [3.8, 4) is 0 Å². The van der Waals surface area contributed by atoms with Gasteiger partial charge in [0.1, 0.15) is 5.76 Å². The third-order valence-corrected chi connectivity index (χ3v) is 3.59. The second-order valence-electron chi connectivity index (χ2n) is 5.41. The molecule has 0 saturated heterocycles. The molecule has 1 aromatic rings.